The van der Waals surface area contributed by atoms with Crippen LogP contribution in [0.25, 0.3) is 6.08 Å². The molecule has 132 valence electrons. The Kier molecular flexibility index (Phi) is 6.10. The zero-order valence-electron chi connectivity index (χ0n) is 13.1. The van der Waals surface area contributed by atoms with Crippen LogP contribution < -0.4 is 4.74 Å². The molecule has 1 aliphatic rings. The van der Waals surface area contributed by atoms with Gasteiger partial charge in [-0.05, 0) is 24.6 Å². The third kappa shape index (κ3) is 4.34. The summed E-state index contributed by atoms with van der Waals surface area (Å²) >= 11 is 6.17. The molecule has 1 fully saturated rings. The molecule has 0 aliphatic carbocycles. The Hall–Kier alpha value is -2.46. The first-order valence-electron chi connectivity index (χ1n) is 7.13. The summed E-state index contributed by atoms with van der Waals surface area (Å²) in [6.07, 6.45) is 1.60. The van der Waals surface area contributed by atoms with E-state index in [0.717, 1.165) is 11.8 Å². The molecular formula is C15H14N2O6S2. The molecule has 0 spiro atoms. The van der Waals surface area contributed by atoms with Crippen LogP contribution in [0.2, 0.25) is 0 Å². The molecule has 1 aromatic rings. The maximum Gasteiger partial charge on any atom is 0.318 e. The summed E-state index contributed by atoms with van der Waals surface area (Å²) < 4.78 is 5.30. The van der Waals surface area contributed by atoms with Gasteiger partial charge in [0.2, 0.25) is 0 Å². The molecule has 1 N–H and O–H groups in total. The highest BCUT2D eigenvalue weighted by molar-refractivity contribution is 8.26. The molecule has 0 aromatic heterocycles. The highest BCUT2D eigenvalue weighted by atomic mass is 32.2. The van der Waals surface area contributed by atoms with Gasteiger partial charge >= 0.3 is 11.7 Å². The standard InChI is InChI=1S/C15H14N2O6S2/c1-23-10-5-2-4-9(13(10)17(21)22)8-11-14(20)16(15(24)25-11)7-3-6-12(18)19/h2,4-5,8H,3,6-7H2,1H3,(H,18,19). The quantitative estimate of drug-likeness (QED) is 0.332. The van der Waals surface area contributed by atoms with Crippen LogP contribution in [-0.2, 0) is 9.59 Å². The van der Waals surface area contributed by atoms with Crippen molar-refractivity contribution in [2.24, 2.45) is 0 Å². The monoisotopic (exact) mass is 382 g/mol. The number of nitro groups is 1. The van der Waals surface area contributed by atoms with Gasteiger partial charge in [0.25, 0.3) is 5.91 Å². The number of hydrogen-bond donors (Lipinski definition) is 1. The lowest BCUT2D eigenvalue weighted by Gasteiger charge is -2.13. The number of carboxylic acid groups (broad SMARTS) is 1. The van der Waals surface area contributed by atoms with E-state index in [-0.39, 0.29) is 41.3 Å². The van der Waals surface area contributed by atoms with Crippen LogP contribution in [0, 0.1) is 10.1 Å². The first kappa shape index (κ1) is 18.9. The van der Waals surface area contributed by atoms with Gasteiger partial charge in [-0.15, -0.1) is 0 Å². The molecule has 8 nitrogen and oxygen atoms in total. The summed E-state index contributed by atoms with van der Waals surface area (Å²) in [5.74, 6) is -1.25. The number of carboxylic acids is 1. The summed E-state index contributed by atoms with van der Waals surface area (Å²) in [6, 6.07) is 4.56. The normalized spacial score (nSPS) is 15.7. The van der Waals surface area contributed by atoms with Gasteiger partial charge in [-0.1, -0.05) is 30.0 Å². The minimum atomic E-state index is -0.951. The minimum absolute atomic E-state index is 0.0720. The first-order chi connectivity index (χ1) is 11.8. The number of benzene rings is 1. The molecule has 0 atom stereocenters. The number of thioether (sulfide) groups is 1. The summed E-state index contributed by atoms with van der Waals surface area (Å²) in [5, 5.41) is 20.0. The van der Waals surface area contributed by atoms with Gasteiger partial charge in [-0.2, -0.15) is 0 Å². The molecule has 0 unspecified atom stereocenters. The number of aliphatic carboxylic acids is 1. The van der Waals surface area contributed by atoms with E-state index in [0.29, 0.717) is 4.32 Å². The van der Waals surface area contributed by atoms with Crippen molar-refractivity contribution in [2.45, 2.75) is 12.8 Å². The fraction of sp³-hybridized carbons (Fsp3) is 0.267. The molecule has 1 aromatic carbocycles. The number of nitrogens with zero attached hydrogens (tertiary/aromatic N) is 2. The fourth-order valence-electron chi connectivity index (χ4n) is 2.24. The lowest BCUT2D eigenvalue weighted by atomic mass is 10.1. The van der Waals surface area contributed by atoms with Crippen LogP contribution in [0.3, 0.4) is 0 Å². The van der Waals surface area contributed by atoms with E-state index in [9.17, 15) is 19.7 Å². The third-order valence-electron chi connectivity index (χ3n) is 3.37. The summed E-state index contributed by atoms with van der Waals surface area (Å²) in [5.41, 5.74) is -0.00321. The van der Waals surface area contributed by atoms with Gasteiger partial charge in [0, 0.05) is 13.0 Å². The van der Waals surface area contributed by atoms with E-state index in [1.807, 2.05) is 0 Å². The maximum absolute atomic E-state index is 12.4. The molecule has 1 aliphatic heterocycles. The van der Waals surface area contributed by atoms with Crippen molar-refractivity contribution >= 4 is 51.9 Å². The minimum Gasteiger partial charge on any atom is -0.490 e. The van der Waals surface area contributed by atoms with Crippen LogP contribution in [0.5, 0.6) is 5.75 Å². The summed E-state index contributed by atoms with van der Waals surface area (Å²) in [4.78, 5) is 35.3. The van der Waals surface area contributed by atoms with E-state index in [1.165, 1.54) is 30.2 Å². The lowest BCUT2D eigenvalue weighted by molar-refractivity contribution is -0.386. The van der Waals surface area contributed by atoms with E-state index in [1.54, 1.807) is 6.07 Å². The molecule has 2 rings (SSSR count). The van der Waals surface area contributed by atoms with Gasteiger partial charge in [-0.3, -0.25) is 24.6 Å². The highest BCUT2D eigenvalue weighted by Crippen LogP contribution is 2.37. The molecule has 0 bridgehead atoms. The van der Waals surface area contributed by atoms with Crippen LogP contribution in [0.4, 0.5) is 5.69 Å². The SMILES string of the molecule is COc1cccc(C=C2SC(=S)N(CCCC(=O)O)C2=O)c1[N+](=O)[O-]. The predicted molar refractivity (Wildman–Crippen MR) is 96.4 cm³/mol. The molecule has 1 amide bonds. The number of amides is 1. The van der Waals surface area contributed by atoms with Gasteiger partial charge in [0.15, 0.2) is 5.75 Å². The number of carbonyl (C=O) groups is 2. The van der Waals surface area contributed by atoms with E-state index >= 15 is 0 Å². The second-order valence-corrected chi connectivity index (χ2v) is 6.66. The molecule has 10 heteroatoms. The van der Waals surface area contributed by atoms with Crippen LogP contribution in [0.15, 0.2) is 23.1 Å². The van der Waals surface area contributed by atoms with Gasteiger partial charge in [0.05, 0.1) is 22.5 Å². The Bertz CT molecular complexity index is 777. The zero-order chi connectivity index (χ0) is 18.6. The molecular weight excluding hydrogens is 368 g/mol. The number of nitro benzene ring substituents is 1. The number of thiocarbonyl (C=S) groups is 1. The number of para-hydroxylation sites is 1. The number of methoxy groups -OCH3 is 1. The van der Waals surface area contributed by atoms with Crippen molar-refractivity contribution in [3.05, 3.63) is 38.8 Å². The van der Waals surface area contributed by atoms with Crippen molar-refractivity contribution in [3.63, 3.8) is 0 Å². The Balaban J connectivity index is 2.28. The number of rotatable bonds is 7. The smallest absolute Gasteiger partial charge is 0.318 e. The fourth-order valence-corrected chi connectivity index (χ4v) is 3.54. The highest BCUT2D eigenvalue weighted by Gasteiger charge is 2.32. The van der Waals surface area contributed by atoms with Crippen LogP contribution in [0.1, 0.15) is 18.4 Å². The Morgan fingerprint density at radius 3 is 2.84 bits per heavy atom. The van der Waals surface area contributed by atoms with Crippen LogP contribution >= 0.6 is 24.0 Å². The number of ether oxygens (including phenoxy) is 1. The second-order valence-electron chi connectivity index (χ2n) is 4.99. The zero-order valence-corrected chi connectivity index (χ0v) is 14.8. The second kappa shape index (κ2) is 8.08. The first-order valence-corrected chi connectivity index (χ1v) is 8.36. The van der Waals surface area contributed by atoms with E-state index in [2.05, 4.69) is 0 Å². The molecule has 1 saturated heterocycles. The van der Waals surface area contributed by atoms with Crippen molar-refractivity contribution < 1.29 is 24.4 Å². The van der Waals surface area contributed by atoms with Crippen molar-refractivity contribution in [1.82, 2.24) is 4.90 Å². The molecule has 0 saturated carbocycles. The van der Waals surface area contributed by atoms with Gasteiger partial charge in [-0.25, -0.2) is 0 Å². The average molecular weight is 382 g/mol. The van der Waals surface area contributed by atoms with Crippen molar-refractivity contribution in [3.8, 4) is 5.75 Å². The molecule has 0 radical (unpaired) electrons. The molecule has 25 heavy (non-hydrogen) atoms. The van der Waals surface area contributed by atoms with E-state index in [4.69, 9.17) is 22.1 Å². The summed E-state index contributed by atoms with van der Waals surface area (Å²) in [7, 11) is 1.33. The van der Waals surface area contributed by atoms with Crippen LogP contribution in [-0.4, -0.2) is 44.8 Å². The number of carbonyl (C=O) groups excluding carboxylic acids is 1. The predicted octanol–water partition coefficient (Wildman–Crippen LogP) is 2.67. The molecule has 1 heterocycles. The Morgan fingerprint density at radius 1 is 1.52 bits per heavy atom. The topological polar surface area (TPSA) is 110 Å². The summed E-state index contributed by atoms with van der Waals surface area (Å²) in [6.45, 7) is 0.189. The number of hydrogen-bond acceptors (Lipinski definition) is 7. The largest absolute Gasteiger partial charge is 0.490 e. The van der Waals surface area contributed by atoms with E-state index < -0.39 is 16.8 Å². The van der Waals surface area contributed by atoms with Crippen molar-refractivity contribution in [1.29, 1.82) is 0 Å². The van der Waals surface area contributed by atoms with Crippen molar-refractivity contribution in [2.75, 3.05) is 13.7 Å². The Labute approximate surface area is 152 Å². The van der Waals surface area contributed by atoms with Gasteiger partial charge < -0.3 is 9.84 Å². The average Bonchev–Trinajstić information content (AvgIpc) is 2.81. The third-order valence-corrected chi connectivity index (χ3v) is 4.74. The lowest BCUT2D eigenvalue weighted by Crippen LogP contribution is -2.29. The Morgan fingerprint density at radius 2 is 2.24 bits per heavy atom. The maximum atomic E-state index is 12.4. The van der Waals surface area contributed by atoms with Gasteiger partial charge in [0.1, 0.15) is 4.32 Å².